The first-order valence-electron chi connectivity index (χ1n) is 7.34. The van der Waals surface area contributed by atoms with Crippen LogP contribution in [0.2, 0.25) is 0 Å². The van der Waals surface area contributed by atoms with Crippen molar-refractivity contribution >= 4 is 0 Å². The maximum Gasteiger partial charge on any atom is 0.0593 e. The fourth-order valence-electron chi connectivity index (χ4n) is 2.39. The van der Waals surface area contributed by atoms with Crippen LogP contribution in [0, 0.1) is 5.41 Å². The third-order valence-electron chi connectivity index (χ3n) is 3.70. The summed E-state index contributed by atoms with van der Waals surface area (Å²) in [5, 5.41) is 0. The summed E-state index contributed by atoms with van der Waals surface area (Å²) in [4.78, 5) is 2.48. The van der Waals surface area contributed by atoms with Crippen LogP contribution in [0.25, 0.3) is 0 Å². The van der Waals surface area contributed by atoms with E-state index in [9.17, 15) is 0 Å². The Labute approximate surface area is 112 Å². The van der Waals surface area contributed by atoms with Crippen LogP contribution in [0.15, 0.2) is 0 Å². The van der Waals surface area contributed by atoms with Crippen molar-refractivity contribution in [3.05, 3.63) is 0 Å². The number of ether oxygens (including phenoxy) is 2. The van der Waals surface area contributed by atoms with Gasteiger partial charge in [-0.2, -0.15) is 0 Å². The van der Waals surface area contributed by atoms with Crippen LogP contribution < -0.4 is 5.73 Å². The molecule has 0 aromatic heterocycles. The summed E-state index contributed by atoms with van der Waals surface area (Å²) in [7, 11) is 0. The van der Waals surface area contributed by atoms with Crippen molar-refractivity contribution in [2.45, 2.75) is 33.1 Å². The molecule has 0 unspecified atom stereocenters. The molecule has 4 nitrogen and oxygen atoms in total. The van der Waals surface area contributed by atoms with Crippen molar-refractivity contribution in [1.82, 2.24) is 4.90 Å². The monoisotopic (exact) mass is 258 g/mol. The van der Waals surface area contributed by atoms with Crippen LogP contribution in [0.1, 0.15) is 33.1 Å². The maximum absolute atomic E-state index is 5.71. The first kappa shape index (κ1) is 15.9. The Balaban J connectivity index is 2.28. The highest BCUT2D eigenvalue weighted by Gasteiger charge is 2.42. The number of nitrogens with two attached hydrogens (primary N) is 1. The van der Waals surface area contributed by atoms with Crippen molar-refractivity contribution in [2.24, 2.45) is 11.1 Å². The summed E-state index contributed by atoms with van der Waals surface area (Å²) in [5.74, 6) is 0. The Bertz CT molecular complexity index is 198. The summed E-state index contributed by atoms with van der Waals surface area (Å²) in [6.45, 7) is 11.3. The van der Waals surface area contributed by atoms with Gasteiger partial charge in [0.05, 0.1) is 13.2 Å². The highest BCUT2D eigenvalue weighted by molar-refractivity contribution is 4.95. The van der Waals surface area contributed by atoms with Crippen molar-refractivity contribution < 1.29 is 9.47 Å². The van der Waals surface area contributed by atoms with Gasteiger partial charge in [-0.1, -0.05) is 0 Å². The van der Waals surface area contributed by atoms with Crippen molar-refractivity contribution in [3.8, 4) is 0 Å². The molecule has 0 aromatic carbocycles. The largest absolute Gasteiger partial charge is 0.380 e. The molecular formula is C14H30N2O2. The smallest absolute Gasteiger partial charge is 0.0593 e. The van der Waals surface area contributed by atoms with E-state index in [-0.39, 0.29) is 0 Å². The SMILES string of the molecule is CCOCCN(CCOCC)CC1(CCN)CC1. The maximum atomic E-state index is 5.71. The first-order valence-corrected chi connectivity index (χ1v) is 7.34. The third-order valence-corrected chi connectivity index (χ3v) is 3.70. The summed E-state index contributed by atoms with van der Waals surface area (Å²) >= 11 is 0. The lowest BCUT2D eigenvalue weighted by molar-refractivity contribution is 0.0726. The standard InChI is InChI=1S/C14H30N2O2/c1-3-17-11-9-16(10-12-18-4-2)13-14(5-6-14)7-8-15/h3-13,15H2,1-2H3. The van der Waals surface area contributed by atoms with Gasteiger partial charge >= 0.3 is 0 Å². The van der Waals surface area contributed by atoms with Gasteiger partial charge in [0.25, 0.3) is 0 Å². The highest BCUT2D eigenvalue weighted by Crippen LogP contribution is 2.48. The molecule has 18 heavy (non-hydrogen) atoms. The Hall–Kier alpha value is -0.160. The number of hydrogen-bond donors (Lipinski definition) is 1. The van der Waals surface area contributed by atoms with Gasteiger partial charge in [0.2, 0.25) is 0 Å². The zero-order chi connectivity index (χ0) is 13.3. The zero-order valence-corrected chi connectivity index (χ0v) is 12.1. The Morgan fingerprint density at radius 3 is 2.00 bits per heavy atom. The van der Waals surface area contributed by atoms with E-state index in [1.807, 2.05) is 13.8 Å². The lowest BCUT2D eigenvalue weighted by atomic mass is 10.0. The van der Waals surface area contributed by atoms with Gasteiger partial charge in [-0.25, -0.2) is 0 Å². The average Bonchev–Trinajstić information content (AvgIpc) is 3.10. The van der Waals surface area contributed by atoms with E-state index >= 15 is 0 Å². The van der Waals surface area contributed by atoms with Crippen LogP contribution in [0.5, 0.6) is 0 Å². The van der Waals surface area contributed by atoms with Crippen LogP contribution in [-0.4, -0.2) is 57.5 Å². The second-order valence-electron chi connectivity index (χ2n) is 5.21. The van der Waals surface area contributed by atoms with E-state index in [0.717, 1.165) is 59.0 Å². The van der Waals surface area contributed by atoms with E-state index in [1.165, 1.54) is 12.8 Å². The molecule has 1 rings (SSSR count). The van der Waals surface area contributed by atoms with Crippen LogP contribution in [0.4, 0.5) is 0 Å². The average molecular weight is 258 g/mol. The molecule has 1 aliphatic rings. The first-order chi connectivity index (χ1) is 8.76. The van der Waals surface area contributed by atoms with E-state index < -0.39 is 0 Å². The molecule has 1 aliphatic carbocycles. The molecular weight excluding hydrogens is 228 g/mol. The Kier molecular flexibility index (Phi) is 7.82. The van der Waals surface area contributed by atoms with E-state index in [1.54, 1.807) is 0 Å². The van der Waals surface area contributed by atoms with Gasteiger partial charge < -0.3 is 15.2 Å². The van der Waals surface area contributed by atoms with E-state index in [2.05, 4.69) is 4.90 Å². The summed E-state index contributed by atoms with van der Waals surface area (Å²) in [6.07, 6.45) is 3.83. The molecule has 0 radical (unpaired) electrons. The molecule has 4 heteroatoms. The Morgan fingerprint density at radius 1 is 1.06 bits per heavy atom. The van der Waals surface area contributed by atoms with Gasteiger partial charge in [0, 0.05) is 32.8 Å². The minimum atomic E-state index is 0.507. The lowest BCUT2D eigenvalue weighted by Crippen LogP contribution is -2.36. The normalized spacial score (nSPS) is 17.3. The van der Waals surface area contributed by atoms with Gasteiger partial charge in [0.15, 0.2) is 0 Å². The molecule has 108 valence electrons. The molecule has 1 saturated carbocycles. The van der Waals surface area contributed by atoms with Crippen molar-refractivity contribution in [3.63, 3.8) is 0 Å². The number of rotatable bonds is 12. The fraction of sp³-hybridized carbons (Fsp3) is 1.00. The predicted octanol–water partition coefficient (Wildman–Crippen LogP) is 1.49. The second kappa shape index (κ2) is 8.86. The lowest BCUT2D eigenvalue weighted by Gasteiger charge is -2.27. The van der Waals surface area contributed by atoms with E-state index in [4.69, 9.17) is 15.2 Å². The second-order valence-corrected chi connectivity index (χ2v) is 5.21. The molecule has 0 amide bonds. The Morgan fingerprint density at radius 2 is 1.61 bits per heavy atom. The molecule has 0 heterocycles. The van der Waals surface area contributed by atoms with Crippen LogP contribution in [0.3, 0.4) is 0 Å². The molecule has 2 N–H and O–H groups in total. The summed E-state index contributed by atoms with van der Waals surface area (Å²) < 4.78 is 10.9. The third kappa shape index (κ3) is 6.14. The van der Waals surface area contributed by atoms with Gasteiger partial charge in [-0.05, 0) is 45.1 Å². The topological polar surface area (TPSA) is 47.7 Å². The molecule has 0 spiro atoms. The number of nitrogens with zero attached hydrogens (tertiary/aromatic N) is 1. The van der Waals surface area contributed by atoms with Gasteiger partial charge in [0.1, 0.15) is 0 Å². The van der Waals surface area contributed by atoms with Crippen LogP contribution in [-0.2, 0) is 9.47 Å². The van der Waals surface area contributed by atoms with Crippen molar-refractivity contribution in [1.29, 1.82) is 0 Å². The fourth-order valence-corrected chi connectivity index (χ4v) is 2.39. The van der Waals surface area contributed by atoms with Gasteiger partial charge in [-0.3, -0.25) is 4.90 Å². The molecule has 0 atom stereocenters. The molecule has 0 saturated heterocycles. The highest BCUT2D eigenvalue weighted by atomic mass is 16.5. The van der Waals surface area contributed by atoms with E-state index in [0.29, 0.717) is 5.41 Å². The minimum Gasteiger partial charge on any atom is -0.380 e. The molecule has 0 bridgehead atoms. The molecule has 0 aromatic rings. The predicted molar refractivity (Wildman–Crippen MR) is 74.8 cm³/mol. The summed E-state index contributed by atoms with van der Waals surface area (Å²) in [5.41, 5.74) is 6.21. The number of hydrogen-bond acceptors (Lipinski definition) is 4. The zero-order valence-electron chi connectivity index (χ0n) is 12.1. The van der Waals surface area contributed by atoms with Crippen molar-refractivity contribution in [2.75, 3.05) is 52.6 Å². The molecule has 0 aliphatic heterocycles. The minimum absolute atomic E-state index is 0.507. The summed E-state index contributed by atoms with van der Waals surface area (Å²) in [6, 6.07) is 0. The van der Waals surface area contributed by atoms with Gasteiger partial charge in [-0.15, -0.1) is 0 Å². The quantitative estimate of drug-likeness (QED) is 0.539. The molecule has 1 fully saturated rings. The van der Waals surface area contributed by atoms with Crippen LogP contribution >= 0.6 is 0 Å².